The minimum atomic E-state index is -0.585. The molecule has 108 valence electrons. The summed E-state index contributed by atoms with van der Waals surface area (Å²) in [5.41, 5.74) is 2.67. The predicted octanol–water partition coefficient (Wildman–Crippen LogP) is 3.42. The zero-order valence-electron chi connectivity index (χ0n) is 11.8. The summed E-state index contributed by atoms with van der Waals surface area (Å²) in [6.07, 6.45) is 0.634. The van der Waals surface area contributed by atoms with Crippen LogP contribution in [0.4, 0.5) is 5.69 Å². The van der Waals surface area contributed by atoms with Crippen LogP contribution in [0.25, 0.3) is 0 Å². The van der Waals surface area contributed by atoms with Crippen LogP contribution in [0.5, 0.6) is 11.5 Å². The molecule has 2 aromatic rings. The largest absolute Gasteiger partial charge is 0.457 e. The van der Waals surface area contributed by atoms with Gasteiger partial charge in [-0.1, -0.05) is 18.2 Å². The SMILES string of the molecule is C[C@@H](O)c1ccccc1Oc1ccc2c(c1)CCC(=O)N2. The minimum Gasteiger partial charge on any atom is -0.457 e. The van der Waals surface area contributed by atoms with Crippen LogP contribution in [-0.4, -0.2) is 11.0 Å². The molecule has 2 N–H and O–H groups in total. The highest BCUT2D eigenvalue weighted by Crippen LogP contribution is 2.32. The molecule has 0 aromatic heterocycles. The summed E-state index contributed by atoms with van der Waals surface area (Å²) in [5.74, 6) is 1.40. The van der Waals surface area contributed by atoms with Gasteiger partial charge in [-0.3, -0.25) is 4.79 Å². The molecule has 0 unspecified atom stereocenters. The molecule has 0 spiro atoms. The Morgan fingerprint density at radius 3 is 2.81 bits per heavy atom. The Balaban J connectivity index is 1.88. The zero-order valence-corrected chi connectivity index (χ0v) is 11.8. The van der Waals surface area contributed by atoms with Gasteiger partial charge in [0.15, 0.2) is 0 Å². The third-order valence-corrected chi connectivity index (χ3v) is 3.57. The van der Waals surface area contributed by atoms with Gasteiger partial charge in [-0.15, -0.1) is 0 Å². The lowest BCUT2D eigenvalue weighted by molar-refractivity contribution is -0.116. The number of hydrogen-bond donors (Lipinski definition) is 2. The molecule has 0 saturated carbocycles. The zero-order chi connectivity index (χ0) is 14.8. The number of aliphatic hydroxyl groups is 1. The summed E-state index contributed by atoms with van der Waals surface area (Å²) in [6, 6.07) is 13.0. The molecule has 0 fully saturated rings. The van der Waals surface area contributed by atoms with E-state index in [9.17, 15) is 9.90 Å². The van der Waals surface area contributed by atoms with Crippen molar-refractivity contribution in [2.45, 2.75) is 25.9 Å². The Kier molecular flexibility index (Phi) is 3.62. The van der Waals surface area contributed by atoms with Crippen molar-refractivity contribution < 1.29 is 14.6 Å². The molecule has 0 bridgehead atoms. The van der Waals surface area contributed by atoms with E-state index in [1.807, 2.05) is 42.5 Å². The van der Waals surface area contributed by atoms with Gasteiger partial charge in [0.2, 0.25) is 5.91 Å². The van der Waals surface area contributed by atoms with Gasteiger partial charge >= 0.3 is 0 Å². The third-order valence-electron chi connectivity index (χ3n) is 3.57. The van der Waals surface area contributed by atoms with Crippen LogP contribution in [-0.2, 0) is 11.2 Å². The fourth-order valence-electron chi connectivity index (χ4n) is 2.47. The summed E-state index contributed by atoms with van der Waals surface area (Å²) < 4.78 is 5.89. The molecule has 0 radical (unpaired) electrons. The van der Waals surface area contributed by atoms with E-state index >= 15 is 0 Å². The molecule has 1 amide bonds. The van der Waals surface area contributed by atoms with E-state index in [0.717, 1.165) is 23.2 Å². The van der Waals surface area contributed by atoms with E-state index < -0.39 is 6.10 Å². The first-order valence-corrected chi connectivity index (χ1v) is 7.01. The normalized spacial score (nSPS) is 15.0. The Morgan fingerprint density at radius 2 is 2.00 bits per heavy atom. The first-order chi connectivity index (χ1) is 10.1. The first kappa shape index (κ1) is 13.6. The number of hydrogen-bond acceptors (Lipinski definition) is 3. The van der Waals surface area contributed by atoms with Crippen molar-refractivity contribution in [2.24, 2.45) is 0 Å². The Morgan fingerprint density at radius 1 is 1.19 bits per heavy atom. The number of carbonyl (C=O) groups excluding carboxylic acids is 1. The molecule has 3 rings (SSSR count). The molecule has 0 aliphatic carbocycles. The maximum absolute atomic E-state index is 11.4. The number of carbonyl (C=O) groups is 1. The van der Waals surface area contributed by atoms with Crippen LogP contribution < -0.4 is 10.1 Å². The Bertz CT molecular complexity index is 679. The van der Waals surface area contributed by atoms with Crippen LogP contribution in [0.2, 0.25) is 0 Å². The maximum Gasteiger partial charge on any atom is 0.224 e. The molecular formula is C17H17NO3. The molecule has 21 heavy (non-hydrogen) atoms. The van der Waals surface area contributed by atoms with Crippen LogP contribution >= 0.6 is 0 Å². The number of aliphatic hydroxyl groups excluding tert-OH is 1. The second kappa shape index (κ2) is 5.58. The fourth-order valence-corrected chi connectivity index (χ4v) is 2.47. The topological polar surface area (TPSA) is 58.6 Å². The number of fused-ring (bicyclic) bond motifs is 1. The molecule has 1 heterocycles. The number of para-hydroxylation sites is 1. The minimum absolute atomic E-state index is 0.0515. The van der Waals surface area contributed by atoms with Gasteiger partial charge in [0.1, 0.15) is 11.5 Å². The number of rotatable bonds is 3. The number of aryl methyl sites for hydroxylation is 1. The number of amides is 1. The van der Waals surface area contributed by atoms with Crippen molar-refractivity contribution in [3.8, 4) is 11.5 Å². The van der Waals surface area contributed by atoms with Gasteiger partial charge in [-0.2, -0.15) is 0 Å². The average Bonchev–Trinajstić information content (AvgIpc) is 2.48. The van der Waals surface area contributed by atoms with Crippen molar-refractivity contribution in [2.75, 3.05) is 5.32 Å². The summed E-state index contributed by atoms with van der Waals surface area (Å²) in [7, 11) is 0. The van der Waals surface area contributed by atoms with Gasteiger partial charge in [0.25, 0.3) is 0 Å². The predicted molar refractivity (Wildman–Crippen MR) is 80.5 cm³/mol. The highest BCUT2D eigenvalue weighted by molar-refractivity contribution is 5.94. The third kappa shape index (κ3) is 2.90. The van der Waals surface area contributed by atoms with Gasteiger partial charge in [-0.05, 0) is 43.2 Å². The van der Waals surface area contributed by atoms with Crippen LogP contribution in [0.15, 0.2) is 42.5 Å². The van der Waals surface area contributed by atoms with E-state index in [0.29, 0.717) is 17.9 Å². The number of nitrogens with one attached hydrogen (secondary N) is 1. The molecule has 1 aliphatic heterocycles. The summed E-state index contributed by atoms with van der Waals surface area (Å²) in [4.78, 5) is 11.4. The van der Waals surface area contributed by atoms with Crippen LogP contribution in [0.3, 0.4) is 0 Å². The Labute approximate surface area is 123 Å². The van der Waals surface area contributed by atoms with Crippen molar-refractivity contribution in [3.05, 3.63) is 53.6 Å². The molecule has 4 heteroatoms. The van der Waals surface area contributed by atoms with Crippen molar-refractivity contribution in [1.29, 1.82) is 0 Å². The summed E-state index contributed by atoms with van der Waals surface area (Å²) in [6.45, 7) is 1.71. The number of benzene rings is 2. The second-order valence-corrected chi connectivity index (χ2v) is 5.18. The average molecular weight is 283 g/mol. The monoisotopic (exact) mass is 283 g/mol. The lowest BCUT2D eigenvalue weighted by Gasteiger charge is -2.18. The summed E-state index contributed by atoms with van der Waals surface area (Å²) >= 11 is 0. The van der Waals surface area contributed by atoms with E-state index in [1.165, 1.54) is 0 Å². The van der Waals surface area contributed by atoms with E-state index in [-0.39, 0.29) is 5.91 Å². The lowest BCUT2D eigenvalue weighted by atomic mass is 10.0. The maximum atomic E-state index is 11.4. The van der Waals surface area contributed by atoms with Crippen LogP contribution in [0, 0.1) is 0 Å². The first-order valence-electron chi connectivity index (χ1n) is 7.01. The molecule has 1 atom stereocenters. The second-order valence-electron chi connectivity index (χ2n) is 5.18. The molecule has 0 saturated heterocycles. The number of ether oxygens (including phenoxy) is 1. The van der Waals surface area contributed by atoms with Crippen molar-refractivity contribution >= 4 is 11.6 Å². The highest BCUT2D eigenvalue weighted by Gasteiger charge is 2.16. The van der Waals surface area contributed by atoms with Gasteiger partial charge in [-0.25, -0.2) is 0 Å². The molecule has 1 aliphatic rings. The van der Waals surface area contributed by atoms with Crippen molar-refractivity contribution in [3.63, 3.8) is 0 Å². The van der Waals surface area contributed by atoms with E-state index in [2.05, 4.69) is 5.32 Å². The lowest BCUT2D eigenvalue weighted by Crippen LogP contribution is -2.18. The molecule has 2 aromatic carbocycles. The van der Waals surface area contributed by atoms with E-state index in [1.54, 1.807) is 6.92 Å². The van der Waals surface area contributed by atoms with Gasteiger partial charge in [0, 0.05) is 17.7 Å². The standard InChI is InChI=1S/C17H17NO3/c1-11(19)14-4-2-3-5-16(14)21-13-7-8-15-12(10-13)6-9-17(20)18-15/h2-5,7-8,10-11,19H,6,9H2,1H3,(H,18,20)/t11-/m1/s1. The smallest absolute Gasteiger partial charge is 0.224 e. The van der Waals surface area contributed by atoms with E-state index in [4.69, 9.17) is 4.74 Å². The molecule has 4 nitrogen and oxygen atoms in total. The van der Waals surface area contributed by atoms with Crippen LogP contribution in [0.1, 0.15) is 30.6 Å². The van der Waals surface area contributed by atoms with Crippen molar-refractivity contribution in [1.82, 2.24) is 0 Å². The number of anilines is 1. The quantitative estimate of drug-likeness (QED) is 0.907. The Hall–Kier alpha value is -2.33. The fraction of sp³-hybridized carbons (Fsp3) is 0.235. The molecular weight excluding hydrogens is 266 g/mol. The summed E-state index contributed by atoms with van der Waals surface area (Å²) in [5, 5.41) is 12.6. The van der Waals surface area contributed by atoms with Gasteiger partial charge < -0.3 is 15.2 Å². The highest BCUT2D eigenvalue weighted by atomic mass is 16.5. The van der Waals surface area contributed by atoms with Gasteiger partial charge in [0.05, 0.1) is 6.10 Å².